The van der Waals surface area contributed by atoms with Crippen molar-refractivity contribution in [1.82, 2.24) is 15.1 Å². The van der Waals surface area contributed by atoms with Gasteiger partial charge in [0.2, 0.25) is 11.8 Å². The number of likely N-dealkylation sites (tertiary alicyclic amines) is 2. The molecular weight excluding hydrogens is 386 g/mol. The van der Waals surface area contributed by atoms with Crippen molar-refractivity contribution in [2.45, 2.75) is 45.1 Å². The number of nitrogens with zero attached hydrogens (tertiary/aromatic N) is 3. The van der Waals surface area contributed by atoms with E-state index < -0.39 is 11.0 Å². The Morgan fingerprint density at radius 2 is 1.83 bits per heavy atom. The van der Waals surface area contributed by atoms with Gasteiger partial charge in [-0.25, -0.2) is 0 Å². The van der Waals surface area contributed by atoms with Crippen LogP contribution in [0.25, 0.3) is 0 Å². The first-order valence-electron chi connectivity index (χ1n) is 10.4. The lowest BCUT2D eigenvalue weighted by molar-refractivity contribution is -0.403. The number of amides is 2. The molecule has 0 spiro atoms. The number of carbonyl (C=O) groups is 2. The van der Waals surface area contributed by atoms with Crippen molar-refractivity contribution in [3.63, 3.8) is 0 Å². The topological polar surface area (TPSA) is 108 Å². The van der Waals surface area contributed by atoms with Crippen LogP contribution in [-0.2, 0) is 9.59 Å². The van der Waals surface area contributed by atoms with Crippen molar-refractivity contribution in [3.8, 4) is 0 Å². The number of hydrogen-bond donors (Lipinski definition) is 2. The molecule has 0 unspecified atom stereocenters. The number of carbonyl (C=O) groups excluding carboxylic acids is 2. The minimum atomic E-state index is -0.622. The first-order chi connectivity index (χ1) is 14.4. The SMILES string of the molecule is Cc1ccc(NC(=C[N+](=O)[O-])N[C@H]2CCCCN(CC(=O)N3CCCC3)C2=O)cc1. The van der Waals surface area contributed by atoms with Gasteiger partial charge in [0.1, 0.15) is 6.04 Å². The molecule has 2 fully saturated rings. The smallest absolute Gasteiger partial charge is 0.274 e. The van der Waals surface area contributed by atoms with E-state index in [1.165, 1.54) is 0 Å². The fourth-order valence-electron chi connectivity index (χ4n) is 3.82. The molecular formula is C21H29N5O4. The fraction of sp³-hybridized carbons (Fsp3) is 0.524. The summed E-state index contributed by atoms with van der Waals surface area (Å²) in [6.07, 6.45) is 4.99. The summed E-state index contributed by atoms with van der Waals surface area (Å²) >= 11 is 0. The van der Waals surface area contributed by atoms with Crippen LogP contribution in [0, 0.1) is 17.0 Å². The van der Waals surface area contributed by atoms with Crippen LogP contribution in [0.1, 0.15) is 37.7 Å². The van der Waals surface area contributed by atoms with E-state index in [4.69, 9.17) is 0 Å². The third-order valence-electron chi connectivity index (χ3n) is 5.46. The van der Waals surface area contributed by atoms with Crippen molar-refractivity contribution in [2.75, 3.05) is 31.5 Å². The third-order valence-corrected chi connectivity index (χ3v) is 5.46. The Kier molecular flexibility index (Phi) is 7.26. The number of benzene rings is 1. The molecule has 3 rings (SSSR count). The zero-order valence-corrected chi connectivity index (χ0v) is 17.3. The summed E-state index contributed by atoms with van der Waals surface area (Å²) in [6.45, 7) is 4.04. The number of aryl methyl sites for hydroxylation is 1. The quantitative estimate of drug-likeness (QED) is 0.521. The molecule has 2 aliphatic rings. The molecule has 30 heavy (non-hydrogen) atoms. The van der Waals surface area contributed by atoms with Gasteiger partial charge in [0.05, 0.1) is 11.5 Å². The van der Waals surface area contributed by atoms with Crippen LogP contribution in [0.3, 0.4) is 0 Å². The highest BCUT2D eigenvalue weighted by Crippen LogP contribution is 2.17. The normalized spacial score (nSPS) is 20.1. The van der Waals surface area contributed by atoms with Gasteiger partial charge in [0.25, 0.3) is 6.20 Å². The first-order valence-corrected chi connectivity index (χ1v) is 10.4. The minimum absolute atomic E-state index is 0.0275. The van der Waals surface area contributed by atoms with Gasteiger partial charge in [-0.2, -0.15) is 0 Å². The summed E-state index contributed by atoms with van der Waals surface area (Å²) in [6, 6.07) is 6.81. The molecule has 2 heterocycles. The number of rotatable bonds is 7. The molecule has 0 aliphatic carbocycles. The molecule has 1 aromatic carbocycles. The molecule has 0 aromatic heterocycles. The molecule has 1 aromatic rings. The number of anilines is 1. The van der Waals surface area contributed by atoms with Crippen molar-refractivity contribution in [3.05, 3.63) is 52.0 Å². The maximum atomic E-state index is 13.1. The average Bonchev–Trinajstić information content (AvgIpc) is 3.19. The second-order valence-electron chi connectivity index (χ2n) is 7.86. The summed E-state index contributed by atoms with van der Waals surface area (Å²) in [5.74, 6) is -0.0738. The zero-order chi connectivity index (χ0) is 21.5. The van der Waals surface area contributed by atoms with Crippen molar-refractivity contribution < 1.29 is 14.5 Å². The van der Waals surface area contributed by atoms with Gasteiger partial charge in [0.15, 0.2) is 5.82 Å². The molecule has 2 aliphatic heterocycles. The van der Waals surface area contributed by atoms with Crippen LogP contribution in [0.15, 0.2) is 36.3 Å². The largest absolute Gasteiger partial charge is 0.355 e. The lowest BCUT2D eigenvalue weighted by Crippen LogP contribution is -2.49. The van der Waals surface area contributed by atoms with Crippen LogP contribution >= 0.6 is 0 Å². The van der Waals surface area contributed by atoms with Crippen molar-refractivity contribution >= 4 is 17.5 Å². The first kappa shape index (κ1) is 21.6. The second-order valence-corrected chi connectivity index (χ2v) is 7.86. The highest BCUT2D eigenvalue weighted by Gasteiger charge is 2.30. The maximum Gasteiger partial charge on any atom is 0.274 e. The van der Waals surface area contributed by atoms with Gasteiger partial charge < -0.3 is 20.4 Å². The molecule has 2 N–H and O–H groups in total. The van der Waals surface area contributed by atoms with Crippen LogP contribution in [0.2, 0.25) is 0 Å². The van der Waals surface area contributed by atoms with Crippen LogP contribution in [-0.4, -0.2) is 58.8 Å². The van der Waals surface area contributed by atoms with E-state index >= 15 is 0 Å². The van der Waals surface area contributed by atoms with Crippen LogP contribution < -0.4 is 10.6 Å². The fourth-order valence-corrected chi connectivity index (χ4v) is 3.82. The summed E-state index contributed by atoms with van der Waals surface area (Å²) in [5, 5.41) is 17.1. The van der Waals surface area contributed by atoms with Gasteiger partial charge in [-0.05, 0) is 51.2 Å². The van der Waals surface area contributed by atoms with Gasteiger partial charge >= 0.3 is 0 Å². The van der Waals surface area contributed by atoms with Crippen LogP contribution in [0.4, 0.5) is 5.69 Å². The van der Waals surface area contributed by atoms with E-state index in [0.717, 1.165) is 50.5 Å². The van der Waals surface area contributed by atoms with E-state index in [1.54, 1.807) is 9.80 Å². The van der Waals surface area contributed by atoms with E-state index in [1.807, 2.05) is 31.2 Å². The predicted octanol–water partition coefficient (Wildman–Crippen LogP) is 2.08. The van der Waals surface area contributed by atoms with E-state index in [-0.39, 0.29) is 24.2 Å². The molecule has 2 amide bonds. The highest BCUT2D eigenvalue weighted by molar-refractivity contribution is 5.88. The molecule has 0 bridgehead atoms. The van der Waals surface area contributed by atoms with Gasteiger partial charge in [-0.15, -0.1) is 0 Å². The molecule has 9 nitrogen and oxygen atoms in total. The lowest BCUT2D eigenvalue weighted by Gasteiger charge is -2.27. The Hall–Kier alpha value is -3.10. The van der Waals surface area contributed by atoms with Gasteiger partial charge in [-0.3, -0.25) is 19.7 Å². The van der Waals surface area contributed by atoms with Gasteiger partial charge in [0, 0.05) is 25.3 Å². The molecule has 0 saturated carbocycles. The standard InChI is InChI=1S/C21H29N5O4/c1-16-7-9-17(10-8-16)22-19(14-26(29)30)23-18-6-2-3-13-25(21(18)28)15-20(27)24-11-4-5-12-24/h7-10,14,18,22-23H,2-6,11-13,15H2,1H3/t18-/m0/s1. The summed E-state index contributed by atoms with van der Waals surface area (Å²) in [4.78, 5) is 39.5. The number of nitrogens with one attached hydrogen (secondary N) is 2. The Morgan fingerprint density at radius 3 is 2.50 bits per heavy atom. The van der Waals surface area contributed by atoms with Crippen LogP contribution in [0.5, 0.6) is 0 Å². The molecule has 1 atom stereocenters. The highest BCUT2D eigenvalue weighted by atomic mass is 16.6. The molecule has 2 saturated heterocycles. The Labute approximate surface area is 176 Å². The Balaban J connectivity index is 1.69. The van der Waals surface area contributed by atoms with Crippen molar-refractivity contribution in [2.24, 2.45) is 0 Å². The summed E-state index contributed by atoms with van der Waals surface area (Å²) in [7, 11) is 0. The average molecular weight is 415 g/mol. The zero-order valence-electron chi connectivity index (χ0n) is 17.3. The van der Waals surface area contributed by atoms with E-state index in [2.05, 4.69) is 10.6 Å². The second kappa shape index (κ2) is 10.1. The third kappa shape index (κ3) is 5.95. The maximum absolute atomic E-state index is 13.1. The van der Waals surface area contributed by atoms with E-state index in [0.29, 0.717) is 18.7 Å². The van der Waals surface area contributed by atoms with Crippen molar-refractivity contribution in [1.29, 1.82) is 0 Å². The summed E-state index contributed by atoms with van der Waals surface area (Å²) < 4.78 is 0. The lowest BCUT2D eigenvalue weighted by atomic mass is 10.1. The number of hydrogen-bond acceptors (Lipinski definition) is 6. The molecule has 9 heteroatoms. The van der Waals surface area contributed by atoms with E-state index in [9.17, 15) is 19.7 Å². The molecule has 162 valence electrons. The number of nitro groups is 1. The van der Waals surface area contributed by atoms with Gasteiger partial charge in [-0.1, -0.05) is 17.7 Å². The Morgan fingerprint density at radius 1 is 1.17 bits per heavy atom. The minimum Gasteiger partial charge on any atom is -0.355 e. The molecule has 0 radical (unpaired) electrons. The summed E-state index contributed by atoms with van der Waals surface area (Å²) in [5.41, 5.74) is 1.76. The monoisotopic (exact) mass is 415 g/mol. The predicted molar refractivity (Wildman–Crippen MR) is 113 cm³/mol. The Bertz CT molecular complexity index is 802.